The van der Waals surface area contributed by atoms with Crippen molar-refractivity contribution in [3.05, 3.63) is 74.3 Å². The Morgan fingerprint density at radius 3 is 2.52 bits per heavy atom. The SMILES string of the molecule is Cc1c(CN[C@H](C)c2ccc(Cl)cc2)cccc1[N+](=O)[O-]. The molecular weight excluding hydrogens is 288 g/mol. The molecule has 2 aromatic rings. The number of nitro groups is 1. The van der Waals surface area contributed by atoms with Crippen LogP contribution in [0, 0.1) is 17.0 Å². The Morgan fingerprint density at radius 1 is 1.24 bits per heavy atom. The molecule has 1 N–H and O–H groups in total. The first-order valence-electron chi connectivity index (χ1n) is 6.70. The molecule has 0 bridgehead atoms. The summed E-state index contributed by atoms with van der Waals surface area (Å²) in [7, 11) is 0. The zero-order chi connectivity index (χ0) is 15.4. The molecule has 0 saturated heterocycles. The highest BCUT2D eigenvalue weighted by atomic mass is 35.5. The van der Waals surface area contributed by atoms with Crippen LogP contribution in [0.15, 0.2) is 42.5 Å². The van der Waals surface area contributed by atoms with Crippen LogP contribution in [0.4, 0.5) is 5.69 Å². The summed E-state index contributed by atoms with van der Waals surface area (Å²) >= 11 is 5.87. The topological polar surface area (TPSA) is 55.2 Å². The quantitative estimate of drug-likeness (QED) is 0.657. The number of rotatable bonds is 5. The van der Waals surface area contributed by atoms with E-state index >= 15 is 0 Å². The molecule has 0 unspecified atom stereocenters. The van der Waals surface area contributed by atoms with E-state index in [2.05, 4.69) is 12.2 Å². The van der Waals surface area contributed by atoms with Crippen LogP contribution in [-0.4, -0.2) is 4.92 Å². The Morgan fingerprint density at radius 2 is 1.90 bits per heavy atom. The Kier molecular flexibility index (Phi) is 4.94. The molecule has 0 saturated carbocycles. The van der Waals surface area contributed by atoms with Crippen molar-refractivity contribution in [3.8, 4) is 0 Å². The van der Waals surface area contributed by atoms with Gasteiger partial charge in [0.25, 0.3) is 5.69 Å². The Balaban J connectivity index is 2.08. The summed E-state index contributed by atoms with van der Waals surface area (Å²) in [4.78, 5) is 10.6. The van der Waals surface area contributed by atoms with E-state index in [0.29, 0.717) is 17.1 Å². The molecule has 0 amide bonds. The highest BCUT2D eigenvalue weighted by Crippen LogP contribution is 2.22. The minimum absolute atomic E-state index is 0.140. The van der Waals surface area contributed by atoms with Gasteiger partial charge < -0.3 is 5.32 Å². The third-order valence-corrected chi connectivity index (χ3v) is 3.83. The average molecular weight is 305 g/mol. The van der Waals surface area contributed by atoms with Crippen molar-refractivity contribution >= 4 is 17.3 Å². The van der Waals surface area contributed by atoms with Gasteiger partial charge >= 0.3 is 0 Å². The second-order valence-electron chi connectivity index (χ2n) is 4.97. The van der Waals surface area contributed by atoms with E-state index < -0.39 is 0 Å². The van der Waals surface area contributed by atoms with E-state index in [4.69, 9.17) is 11.6 Å². The van der Waals surface area contributed by atoms with Crippen LogP contribution in [-0.2, 0) is 6.54 Å². The standard InChI is InChI=1S/C16H17ClN2O2/c1-11-14(4-3-5-16(11)19(20)21)10-18-12(2)13-6-8-15(17)9-7-13/h3-9,12,18H,10H2,1-2H3/t12-/m1/s1. The molecule has 0 spiro atoms. The maximum atomic E-state index is 10.9. The fourth-order valence-corrected chi connectivity index (χ4v) is 2.32. The van der Waals surface area contributed by atoms with Crippen LogP contribution >= 0.6 is 11.6 Å². The molecule has 0 fully saturated rings. The monoisotopic (exact) mass is 304 g/mol. The zero-order valence-corrected chi connectivity index (χ0v) is 12.7. The minimum Gasteiger partial charge on any atom is -0.306 e. The summed E-state index contributed by atoms with van der Waals surface area (Å²) < 4.78 is 0. The minimum atomic E-state index is -0.346. The van der Waals surface area contributed by atoms with Crippen molar-refractivity contribution in [3.63, 3.8) is 0 Å². The van der Waals surface area contributed by atoms with Crippen LogP contribution < -0.4 is 5.32 Å². The number of nitro benzene ring substituents is 1. The van der Waals surface area contributed by atoms with Gasteiger partial charge in [-0.2, -0.15) is 0 Å². The van der Waals surface area contributed by atoms with E-state index in [1.807, 2.05) is 30.3 Å². The summed E-state index contributed by atoms with van der Waals surface area (Å²) in [6.45, 7) is 4.41. The van der Waals surface area contributed by atoms with Crippen LogP contribution in [0.25, 0.3) is 0 Å². The largest absolute Gasteiger partial charge is 0.306 e. The normalized spacial score (nSPS) is 12.1. The van der Waals surface area contributed by atoms with Crippen LogP contribution in [0.2, 0.25) is 5.02 Å². The number of halogens is 1. The summed E-state index contributed by atoms with van der Waals surface area (Å²) in [5.41, 5.74) is 2.93. The molecule has 0 aliphatic carbocycles. The first kappa shape index (κ1) is 15.5. The molecular formula is C16H17ClN2O2. The molecule has 21 heavy (non-hydrogen) atoms. The Hall–Kier alpha value is -1.91. The van der Waals surface area contributed by atoms with Gasteiger partial charge in [-0.15, -0.1) is 0 Å². The maximum Gasteiger partial charge on any atom is 0.272 e. The van der Waals surface area contributed by atoms with Crippen molar-refractivity contribution < 1.29 is 4.92 Å². The lowest BCUT2D eigenvalue weighted by molar-refractivity contribution is -0.385. The van der Waals surface area contributed by atoms with Gasteiger partial charge in [0, 0.05) is 29.2 Å². The van der Waals surface area contributed by atoms with Gasteiger partial charge in [-0.25, -0.2) is 0 Å². The van der Waals surface area contributed by atoms with Gasteiger partial charge in [0.05, 0.1) is 4.92 Å². The lowest BCUT2D eigenvalue weighted by Gasteiger charge is -2.15. The number of hydrogen-bond donors (Lipinski definition) is 1. The van der Waals surface area contributed by atoms with Crippen molar-refractivity contribution in [1.29, 1.82) is 0 Å². The van der Waals surface area contributed by atoms with Gasteiger partial charge in [0.1, 0.15) is 0 Å². The molecule has 5 heteroatoms. The third-order valence-electron chi connectivity index (χ3n) is 3.58. The summed E-state index contributed by atoms with van der Waals surface area (Å²) in [5.74, 6) is 0. The van der Waals surface area contributed by atoms with Gasteiger partial charge in [-0.05, 0) is 37.1 Å². The van der Waals surface area contributed by atoms with Crippen LogP contribution in [0.3, 0.4) is 0 Å². The lowest BCUT2D eigenvalue weighted by Crippen LogP contribution is -2.18. The number of nitrogens with zero attached hydrogens (tertiary/aromatic N) is 1. The molecule has 2 aromatic carbocycles. The van der Waals surface area contributed by atoms with Crippen LogP contribution in [0.1, 0.15) is 29.7 Å². The predicted octanol–water partition coefficient (Wildman–Crippen LogP) is 4.41. The predicted molar refractivity (Wildman–Crippen MR) is 84.5 cm³/mol. The molecule has 0 heterocycles. The van der Waals surface area contributed by atoms with E-state index in [1.54, 1.807) is 13.0 Å². The van der Waals surface area contributed by atoms with Crippen molar-refractivity contribution in [2.45, 2.75) is 26.4 Å². The van der Waals surface area contributed by atoms with Gasteiger partial charge in [-0.3, -0.25) is 10.1 Å². The molecule has 0 aromatic heterocycles. The summed E-state index contributed by atoms with van der Waals surface area (Å²) in [5, 5.41) is 15.0. The van der Waals surface area contributed by atoms with E-state index in [1.165, 1.54) is 6.07 Å². The second kappa shape index (κ2) is 6.70. The van der Waals surface area contributed by atoms with E-state index in [9.17, 15) is 10.1 Å². The molecule has 0 aliphatic rings. The van der Waals surface area contributed by atoms with Crippen molar-refractivity contribution in [2.24, 2.45) is 0 Å². The van der Waals surface area contributed by atoms with Crippen molar-refractivity contribution in [2.75, 3.05) is 0 Å². The molecule has 2 rings (SSSR count). The maximum absolute atomic E-state index is 10.9. The van der Waals surface area contributed by atoms with Crippen molar-refractivity contribution in [1.82, 2.24) is 5.32 Å². The third kappa shape index (κ3) is 3.80. The highest BCUT2D eigenvalue weighted by molar-refractivity contribution is 6.30. The number of benzene rings is 2. The van der Waals surface area contributed by atoms with Gasteiger partial charge in [0.2, 0.25) is 0 Å². The highest BCUT2D eigenvalue weighted by Gasteiger charge is 2.13. The summed E-state index contributed by atoms with van der Waals surface area (Å²) in [6, 6.07) is 12.9. The fraction of sp³-hybridized carbons (Fsp3) is 0.250. The second-order valence-corrected chi connectivity index (χ2v) is 5.41. The fourth-order valence-electron chi connectivity index (χ4n) is 2.19. The Bertz CT molecular complexity index is 641. The zero-order valence-electron chi connectivity index (χ0n) is 12.0. The van der Waals surface area contributed by atoms with Gasteiger partial charge in [-0.1, -0.05) is 35.9 Å². The molecule has 1 atom stereocenters. The molecule has 0 aliphatic heterocycles. The molecule has 0 radical (unpaired) electrons. The molecule has 110 valence electrons. The Labute approximate surface area is 128 Å². The smallest absolute Gasteiger partial charge is 0.272 e. The van der Waals surface area contributed by atoms with Crippen LogP contribution in [0.5, 0.6) is 0 Å². The average Bonchev–Trinajstić information content (AvgIpc) is 2.46. The lowest BCUT2D eigenvalue weighted by atomic mass is 10.1. The molecule has 4 nitrogen and oxygen atoms in total. The summed E-state index contributed by atoms with van der Waals surface area (Å²) in [6.07, 6.45) is 0. The van der Waals surface area contributed by atoms with Gasteiger partial charge in [0.15, 0.2) is 0 Å². The van der Waals surface area contributed by atoms with E-state index in [-0.39, 0.29) is 16.7 Å². The number of nitrogens with one attached hydrogen (secondary N) is 1. The van der Waals surface area contributed by atoms with E-state index in [0.717, 1.165) is 11.1 Å². The first-order chi connectivity index (χ1) is 9.99. The first-order valence-corrected chi connectivity index (χ1v) is 7.08. The number of hydrogen-bond acceptors (Lipinski definition) is 3.